The fourth-order valence-corrected chi connectivity index (χ4v) is 3.41. The Morgan fingerprint density at radius 3 is 2.92 bits per heavy atom. The molecule has 1 atom stereocenters. The topological polar surface area (TPSA) is 57.8 Å². The normalized spacial score (nSPS) is 16.8. The highest BCUT2D eigenvalue weighted by Crippen LogP contribution is 2.29. The molecular weight excluding hydrogens is 314 g/mol. The molecule has 1 unspecified atom stereocenters. The van der Waals surface area contributed by atoms with E-state index in [9.17, 15) is 0 Å². The molecule has 0 fully saturated rings. The molecule has 6 nitrogen and oxygen atoms in total. The molecular formula is C19H23N5O. The number of nitrogens with zero attached hydrogens (tertiary/aromatic N) is 5. The predicted octanol–water partition coefficient (Wildman–Crippen LogP) is 2.91. The summed E-state index contributed by atoms with van der Waals surface area (Å²) in [6, 6.07) is 12.3. The van der Waals surface area contributed by atoms with Gasteiger partial charge in [-0.1, -0.05) is 30.3 Å². The molecule has 4 rings (SSSR count). The standard InChI is InChI=1S/C19H23N5O/c1-2-25-13-12-24-19(16-9-11-23-17(14-16)8-10-20-23)21-18(22-24)15-6-4-3-5-7-15/h3-8,10,16H,2,9,11-14H2,1H3. The van der Waals surface area contributed by atoms with Crippen molar-refractivity contribution < 1.29 is 4.74 Å². The number of benzene rings is 1. The molecule has 25 heavy (non-hydrogen) atoms. The van der Waals surface area contributed by atoms with Crippen LogP contribution in [0.5, 0.6) is 0 Å². The van der Waals surface area contributed by atoms with Gasteiger partial charge in [-0.05, 0) is 25.8 Å². The summed E-state index contributed by atoms with van der Waals surface area (Å²) in [6.07, 6.45) is 3.88. The van der Waals surface area contributed by atoms with Crippen molar-refractivity contribution in [3.8, 4) is 11.4 Å². The van der Waals surface area contributed by atoms with E-state index in [1.807, 2.05) is 36.0 Å². The highest BCUT2D eigenvalue weighted by molar-refractivity contribution is 5.54. The molecule has 0 N–H and O–H groups in total. The molecule has 1 aliphatic heterocycles. The zero-order valence-electron chi connectivity index (χ0n) is 14.5. The lowest BCUT2D eigenvalue weighted by atomic mass is 9.95. The average Bonchev–Trinajstić information content (AvgIpc) is 3.29. The Morgan fingerprint density at radius 2 is 2.08 bits per heavy atom. The first-order valence-electron chi connectivity index (χ1n) is 8.93. The molecule has 0 saturated heterocycles. The first kappa shape index (κ1) is 16.0. The molecule has 1 aliphatic rings. The maximum absolute atomic E-state index is 5.54. The van der Waals surface area contributed by atoms with E-state index in [-0.39, 0.29) is 0 Å². The summed E-state index contributed by atoms with van der Waals surface area (Å²) in [7, 11) is 0. The first-order chi connectivity index (χ1) is 12.3. The fraction of sp³-hybridized carbons (Fsp3) is 0.421. The van der Waals surface area contributed by atoms with Crippen LogP contribution in [-0.2, 0) is 24.2 Å². The third-order valence-electron chi connectivity index (χ3n) is 4.70. The van der Waals surface area contributed by atoms with E-state index >= 15 is 0 Å². The second-order valence-electron chi connectivity index (χ2n) is 6.32. The summed E-state index contributed by atoms with van der Waals surface area (Å²) in [5.74, 6) is 2.23. The molecule has 2 aromatic heterocycles. The Kier molecular flexibility index (Phi) is 4.61. The molecule has 3 aromatic rings. The van der Waals surface area contributed by atoms with E-state index in [1.165, 1.54) is 5.69 Å². The number of hydrogen-bond donors (Lipinski definition) is 0. The van der Waals surface area contributed by atoms with Crippen molar-refractivity contribution in [2.24, 2.45) is 0 Å². The van der Waals surface area contributed by atoms with Crippen LogP contribution in [0.2, 0.25) is 0 Å². The van der Waals surface area contributed by atoms with E-state index in [0.717, 1.165) is 49.8 Å². The number of ether oxygens (including phenoxy) is 1. The number of aryl methyl sites for hydroxylation is 1. The van der Waals surface area contributed by atoms with Gasteiger partial charge >= 0.3 is 0 Å². The summed E-state index contributed by atoms with van der Waals surface area (Å²) >= 11 is 0. The van der Waals surface area contributed by atoms with Crippen LogP contribution in [0.4, 0.5) is 0 Å². The first-order valence-corrected chi connectivity index (χ1v) is 8.93. The van der Waals surface area contributed by atoms with Crippen LogP contribution in [0.15, 0.2) is 42.6 Å². The summed E-state index contributed by atoms with van der Waals surface area (Å²) in [5.41, 5.74) is 2.33. The maximum Gasteiger partial charge on any atom is 0.181 e. The second kappa shape index (κ2) is 7.19. The van der Waals surface area contributed by atoms with Crippen molar-refractivity contribution in [3.05, 3.63) is 54.1 Å². The summed E-state index contributed by atoms with van der Waals surface area (Å²) in [5, 5.41) is 9.15. The molecule has 0 bridgehead atoms. The van der Waals surface area contributed by atoms with Gasteiger partial charge in [-0.25, -0.2) is 9.67 Å². The molecule has 6 heteroatoms. The maximum atomic E-state index is 5.54. The number of hydrogen-bond acceptors (Lipinski definition) is 4. The monoisotopic (exact) mass is 337 g/mol. The Hall–Kier alpha value is -2.47. The van der Waals surface area contributed by atoms with Gasteiger partial charge in [0, 0.05) is 36.5 Å². The predicted molar refractivity (Wildman–Crippen MR) is 95.2 cm³/mol. The minimum Gasteiger partial charge on any atom is -0.380 e. The zero-order chi connectivity index (χ0) is 17.1. The van der Waals surface area contributed by atoms with Crippen LogP contribution in [-0.4, -0.2) is 37.8 Å². The molecule has 0 spiro atoms. The van der Waals surface area contributed by atoms with Crippen LogP contribution in [0.3, 0.4) is 0 Å². The van der Waals surface area contributed by atoms with Crippen LogP contribution in [0.1, 0.15) is 30.8 Å². The van der Waals surface area contributed by atoms with Gasteiger partial charge in [0.05, 0.1) is 13.2 Å². The Morgan fingerprint density at radius 1 is 1.20 bits per heavy atom. The van der Waals surface area contributed by atoms with Crippen LogP contribution in [0, 0.1) is 0 Å². The van der Waals surface area contributed by atoms with Gasteiger partial charge in [0.1, 0.15) is 5.82 Å². The molecule has 130 valence electrons. The molecule has 3 heterocycles. The second-order valence-corrected chi connectivity index (χ2v) is 6.32. The van der Waals surface area contributed by atoms with Crippen LogP contribution < -0.4 is 0 Å². The fourth-order valence-electron chi connectivity index (χ4n) is 3.41. The lowest BCUT2D eigenvalue weighted by Crippen LogP contribution is -2.22. The number of rotatable bonds is 6. The van der Waals surface area contributed by atoms with Gasteiger partial charge in [-0.2, -0.15) is 10.2 Å². The smallest absolute Gasteiger partial charge is 0.181 e. The minimum atomic E-state index is 0.371. The third-order valence-corrected chi connectivity index (χ3v) is 4.70. The summed E-state index contributed by atoms with van der Waals surface area (Å²) in [6.45, 7) is 5.06. The van der Waals surface area contributed by atoms with Crippen molar-refractivity contribution in [2.45, 2.75) is 38.8 Å². The zero-order valence-corrected chi connectivity index (χ0v) is 14.5. The van der Waals surface area contributed by atoms with Crippen molar-refractivity contribution >= 4 is 0 Å². The molecule has 0 aliphatic carbocycles. The van der Waals surface area contributed by atoms with E-state index in [4.69, 9.17) is 14.8 Å². The van der Waals surface area contributed by atoms with Crippen molar-refractivity contribution in [2.75, 3.05) is 13.2 Å². The van der Waals surface area contributed by atoms with Crippen LogP contribution >= 0.6 is 0 Å². The number of fused-ring (bicyclic) bond motifs is 1. The summed E-state index contributed by atoms with van der Waals surface area (Å²) in [4.78, 5) is 4.91. The van der Waals surface area contributed by atoms with Gasteiger partial charge in [-0.15, -0.1) is 0 Å². The molecule has 0 radical (unpaired) electrons. The lowest BCUT2D eigenvalue weighted by molar-refractivity contribution is 0.135. The van der Waals surface area contributed by atoms with Gasteiger partial charge in [-0.3, -0.25) is 4.68 Å². The highest BCUT2D eigenvalue weighted by Gasteiger charge is 2.26. The van der Waals surface area contributed by atoms with Gasteiger partial charge in [0.25, 0.3) is 0 Å². The van der Waals surface area contributed by atoms with Gasteiger partial charge < -0.3 is 4.74 Å². The largest absolute Gasteiger partial charge is 0.380 e. The van der Waals surface area contributed by atoms with Gasteiger partial charge in [0.15, 0.2) is 5.82 Å². The number of aromatic nitrogens is 5. The Labute approximate surface area is 147 Å². The Balaban J connectivity index is 1.64. The lowest BCUT2D eigenvalue weighted by Gasteiger charge is -2.23. The van der Waals surface area contributed by atoms with E-state index in [2.05, 4.69) is 28.0 Å². The summed E-state index contributed by atoms with van der Waals surface area (Å²) < 4.78 is 9.67. The Bertz CT molecular complexity index is 823. The quantitative estimate of drug-likeness (QED) is 0.649. The molecule has 1 aromatic carbocycles. The van der Waals surface area contributed by atoms with E-state index in [0.29, 0.717) is 12.5 Å². The van der Waals surface area contributed by atoms with Crippen molar-refractivity contribution in [1.82, 2.24) is 24.5 Å². The van der Waals surface area contributed by atoms with Crippen LogP contribution in [0.25, 0.3) is 11.4 Å². The average molecular weight is 337 g/mol. The van der Waals surface area contributed by atoms with Gasteiger partial charge in [0.2, 0.25) is 0 Å². The van der Waals surface area contributed by atoms with E-state index < -0.39 is 0 Å². The van der Waals surface area contributed by atoms with E-state index in [1.54, 1.807) is 0 Å². The SMILES string of the molecule is CCOCCn1nc(-c2ccccc2)nc1C1CCn2nccc2C1. The highest BCUT2D eigenvalue weighted by atomic mass is 16.5. The minimum absolute atomic E-state index is 0.371. The molecule has 0 amide bonds. The third kappa shape index (κ3) is 3.35. The van der Waals surface area contributed by atoms with Crippen molar-refractivity contribution in [1.29, 1.82) is 0 Å². The molecule has 0 saturated carbocycles. The van der Waals surface area contributed by atoms with Crippen molar-refractivity contribution in [3.63, 3.8) is 0 Å².